The van der Waals surface area contributed by atoms with E-state index in [0.29, 0.717) is 104 Å². The van der Waals surface area contributed by atoms with Gasteiger partial charge in [0.05, 0.1) is 91.4 Å². The Morgan fingerprint density at radius 3 is 1.77 bits per heavy atom. The van der Waals surface area contributed by atoms with Gasteiger partial charge in [-0.2, -0.15) is 11.8 Å². The molecule has 44 heavy (non-hydrogen) atoms. The highest BCUT2D eigenvalue weighted by Crippen LogP contribution is 2.33. The Labute approximate surface area is 266 Å². The van der Waals surface area contributed by atoms with Crippen LogP contribution >= 0.6 is 11.8 Å². The highest BCUT2D eigenvalue weighted by molar-refractivity contribution is 8.00. The summed E-state index contributed by atoms with van der Waals surface area (Å²) in [6, 6.07) is 0.407. The molecule has 256 valence electrons. The van der Waals surface area contributed by atoms with E-state index in [1.54, 1.807) is 0 Å². The van der Waals surface area contributed by atoms with Crippen molar-refractivity contribution < 1.29 is 47.5 Å². The molecule has 0 spiro atoms. The van der Waals surface area contributed by atoms with Gasteiger partial charge < -0.3 is 54.4 Å². The number of fused-ring (bicyclic) bond motifs is 1. The molecule has 14 nitrogen and oxygen atoms in total. The average molecular weight is 651 g/mol. The first-order valence-electron chi connectivity index (χ1n) is 15.6. The summed E-state index contributed by atoms with van der Waals surface area (Å²) in [6.45, 7) is 11.8. The van der Waals surface area contributed by atoms with E-state index >= 15 is 0 Å². The van der Waals surface area contributed by atoms with Gasteiger partial charge in [0.15, 0.2) is 0 Å². The van der Waals surface area contributed by atoms with Crippen molar-refractivity contribution in [1.29, 1.82) is 0 Å². The number of urea groups is 1. The molecule has 4 amide bonds. The van der Waals surface area contributed by atoms with Gasteiger partial charge in [-0.1, -0.05) is 6.42 Å². The number of hydrogen-bond acceptors (Lipinski definition) is 11. The van der Waals surface area contributed by atoms with E-state index in [4.69, 9.17) is 33.2 Å². The van der Waals surface area contributed by atoms with Crippen LogP contribution in [-0.2, 0) is 38.0 Å². The van der Waals surface area contributed by atoms with Crippen LogP contribution in [0.25, 0.3) is 0 Å². The number of alkyl carbamates (subject to hydrolysis) is 1. The lowest BCUT2D eigenvalue weighted by molar-refractivity contribution is -0.121. The number of carbonyl (C=O) groups excluding carboxylic acids is 3. The molecule has 0 aliphatic carbocycles. The molecule has 0 bridgehead atoms. The van der Waals surface area contributed by atoms with Crippen LogP contribution in [-0.4, -0.2) is 139 Å². The summed E-state index contributed by atoms with van der Waals surface area (Å²) < 4.78 is 37.8. The van der Waals surface area contributed by atoms with Gasteiger partial charge in [0, 0.05) is 30.5 Å². The van der Waals surface area contributed by atoms with E-state index in [9.17, 15) is 14.4 Å². The number of rotatable bonds is 26. The number of ether oxygens (including phenoxy) is 7. The van der Waals surface area contributed by atoms with Gasteiger partial charge in [-0.15, -0.1) is 0 Å². The van der Waals surface area contributed by atoms with Crippen molar-refractivity contribution in [3.05, 3.63) is 0 Å². The van der Waals surface area contributed by atoms with E-state index in [1.165, 1.54) is 0 Å². The first-order chi connectivity index (χ1) is 21.2. The van der Waals surface area contributed by atoms with Crippen molar-refractivity contribution in [3.8, 4) is 0 Å². The molecule has 0 radical (unpaired) electrons. The number of unbranched alkanes of at least 4 members (excludes halogenated alkanes) is 1. The fourth-order valence-electron chi connectivity index (χ4n) is 4.37. The summed E-state index contributed by atoms with van der Waals surface area (Å²) in [4.78, 5) is 34.9. The molecular formula is C29H54N4O10S. The van der Waals surface area contributed by atoms with E-state index in [1.807, 2.05) is 32.5 Å². The summed E-state index contributed by atoms with van der Waals surface area (Å²) >= 11 is 1.90. The topological polar surface area (TPSA) is 164 Å². The molecule has 0 aromatic rings. The lowest BCUT2D eigenvalue weighted by atomic mass is 10.0. The zero-order chi connectivity index (χ0) is 31.9. The molecule has 0 saturated carbocycles. The lowest BCUT2D eigenvalue weighted by Crippen LogP contribution is -2.36. The molecule has 15 heteroatoms. The minimum atomic E-state index is -0.514. The lowest BCUT2D eigenvalue weighted by Gasteiger charge is -2.19. The molecule has 2 aliphatic rings. The second-order valence-corrected chi connectivity index (χ2v) is 12.6. The molecule has 2 heterocycles. The van der Waals surface area contributed by atoms with Crippen LogP contribution in [0.5, 0.6) is 0 Å². The monoisotopic (exact) mass is 650 g/mol. The predicted molar refractivity (Wildman–Crippen MR) is 166 cm³/mol. The maximum Gasteiger partial charge on any atom is 0.407 e. The minimum absolute atomic E-state index is 0.0408. The number of thioether (sulfide) groups is 1. The Kier molecular flexibility index (Phi) is 20.4. The molecule has 4 N–H and O–H groups in total. The minimum Gasteiger partial charge on any atom is -0.444 e. The highest BCUT2D eigenvalue weighted by atomic mass is 32.2. The fourth-order valence-corrected chi connectivity index (χ4v) is 5.91. The van der Waals surface area contributed by atoms with Crippen LogP contribution in [0.3, 0.4) is 0 Å². The van der Waals surface area contributed by atoms with E-state index in [2.05, 4.69) is 21.3 Å². The Hall–Kier alpha value is -1.88. The van der Waals surface area contributed by atoms with Gasteiger partial charge in [0.1, 0.15) is 5.60 Å². The zero-order valence-corrected chi connectivity index (χ0v) is 27.5. The van der Waals surface area contributed by atoms with Crippen LogP contribution in [0.1, 0.15) is 46.5 Å². The Morgan fingerprint density at radius 1 is 0.750 bits per heavy atom. The Morgan fingerprint density at radius 2 is 1.25 bits per heavy atom. The first kappa shape index (κ1) is 38.3. The van der Waals surface area contributed by atoms with Crippen molar-refractivity contribution in [2.45, 2.75) is 69.4 Å². The van der Waals surface area contributed by atoms with Gasteiger partial charge in [-0.25, -0.2) is 9.59 Å². The number of hydrogen-bond donors (Lipinski definition) is 4. The summed E-state index contributed by atoms with van der Waals surface area (Å²) in [5.74, 6) is 1.000. The van der Waals surface area contributed by atoms with Crippen LogP contribution in [0.15, 0.2) is 0 Å². The first-order valence-corrected chi connectivity index (χ1v) is 16.7. The smallest absolute Gasteiger partial charge is 0.407 e. The molecule has 0 aromatic carbocycles. The second kappa shape index (κ2) is 23.5. The second-order valence-electron chi connectivity index (χ2n) is 11.3. The van der Waals surface area contributed by atoms with E-state index in [-0.39, 0.29) is 24.0 Å². The van der Waals surface area contributed by atoms with Crippen LogP contribution in [0.4, 0.5) is 9.59 Å². The van der Waals surface area contributed by atoms with Crippen molar-refractivity contribution in [2.24, 2.45) is 0 Å². The van der Waals surface area contributed by atoms with Crippen molar-refractivity contribution in [2.75, 3.05) is 98.1 Å². The molecule has 1 unspecified atom stereocenters. The van der Waals surface area contributed by atoms with Crippen LogP contribution < -0.4 is 21.3 Å². The molecule has 2 fully saturated rings. The third kappa shape index (κ3) is 19.5. The third-order valence-corrected chi connectivity index (χ3v) is 7.93. The molecule has 3 atom stereocenters. The standard InChI is InChI=1S/C29H54N4O10S/c1-29(2,3)43-28(36)31-9-11-38-13-15-40-17-19-42-21-20-41-18-16-39-14-12-37-10-8-30-25(34)7-5-4-6-24-26-23(22-44-24)32-27(35)33-26/h23-24,26H,4-22H2,1-3H3,(H,30,34)(H,31,36)(H2,32,33,35)/t23-,24?,26+/m1/s1. The quantitative estimate of drug-likeness (QED) is 0.0792. The van der Waals surface area contributed by atoms with E-state index < -0.39 is 11.7 Å². The van der Waals surface area contributed by atoms with Crippen LogP contribution in [0, 0.1) is 0 Å². The number of carbonyl (C=O) groups is 3. The van der Waals surface area contributed by atoms with E-state index in [0.717, 1.165) is 25.0 Å². The van der Waals surface area contributed by atoms with Crippen molar-refractivity contribution in [3.63, 3.8) is 0 Å². The molecule has 2 aliphatic heterocycles. The average Bonchev–Trinajstić information content (AvgIpc) is 3.52. The highest BCUT2D eigenvalue weighted by Gasteiger charge is 2.42. The maximum atomic E-state index is 12.0. The normalized spacial score (nSPS) is 19.3. The summed E-state index contributed by atoms with van der Waals surface area (Å²) in [7, 11) is 0. The van der Waals surface area contributed by atoms with Gasteiger partial charge in [0.2, 0.25) is 5.91 Å². The summed E-state index contributed by atoms with van der Waals surface area (Å²) in [6.07, 6.45) is 2.88. The Balaban J connectivity index is 1.21. The van der Waals surface area contributed by atoms with Gasteiger partial charge in [-0.05, 0) is 33.6 Å². The van der Waals surface area contributed by atoms with Gasteiger partial charge >= 0.3 is 12.1 Å². The number of nitrogens with one attached hydrogen (secondary N) is 4. The predicted octanol–water partition coefficient (Wildman–Crippen LogP) is 1.45. The molecule has 0 aromatic heterocycles. The molecule has 2 saturated heterocycles. The Bertz CT molecular complexity index is 805. The molecular weight excluding hydrogens is 596 g/mol. The maximum absolute atomic E-state index is 12.0. The van der Waals surface area contributed by atoms with Gasteiger partial charge in [0.25, 0.3) is 0 Å². The van der Waals surface area contributed by atoms with Crippen molar-refractivity contribution in [1.82, 2.24) is 21.3 Å². The van der Waals surface area contributed by atoms with Crippen LogP contribution in [0.2, 0.25) is 0 Å². The molecule has 2 rings (SSSR count). The zero-order valence-electron chi connectivity index (χ0n) is 26.7. The SMILES string of the molecule is CC(C)(C)OC(=O)NCCOCCOCCOCCOCCOCCOCCNC(=O)CCCCC1SC[C@H]2NC(=O)N[C@H]12. The van der Waals surface area contributed by atoms with Gasteiger partial charge in [-0.3, -0.25) is 4.79 Å². The summed E-state index contributed by atoms with van der Waals surface area (Å²) in [5.41, 5.74) is -0.514. The van der Waals surface area contributed by atoms with Crippen molar-refractivity contribution >= 4 is 29.8 Å². The largest absolute Gasteiger partial charge is 0.444 e. The third-order valence-electron chi connectivity index (χ3n) is 6.42. The fraction of sp³-hybridized carbons (Fsp3) is 0.897. The summed E-state index contributed by atoms with van der Waals surface area (Å²) in [5, 5.41) is 11.9. The number of amides is 4.